The highest BCUT2D eigenvalue weighted by molar-refractivity contribution is 5.77. The largest absolute Gasteiger partial charge is 0.492 e. The molecule has 6 heteroatoms. The van der Waals surface area contributed by atoms with Crippen LogP contribution in [0.5, 0.6) is 5.75 Å². The van der Waals surface area contributed by atoms with E-state index in [2.05, 4.69) is 34.5 Å². The number of anilines is 2. The SMILES string of the molecule is C=c1nc2c(c(=O)[nH]1)=Nc1cc(C)c(C)cc1N2CCOc1ccccc1. The van der Waals surface area contributed by atoms with Crippen LogP contribution in [0.25, 0.3) is 6.58 Å². The zero-order valence-electron chi connectivity index (χ0n) is 15.3. The van der Waals surface area contributed by atoms with Crippen LogP contribution in [-0.2, 0) is 0 Å². The number of aryl methyl sites for hydroxylation is 2. The van der Waals surface area contributed by atoms with E-state index in [1.807, 2.05) is 48.2 Å². The Bertz CT molecular complexity index is 1170. The van der Waals surface area contributed by atoms with Gasteiger partial charge in [-0.1, -0.05) is 24.8 Å². The molecular weight excluding hydrogens is 340 g/mol. The second-order valence-electron chi connectivity index (χ2n) is 6.53. The fourth-order valence-corrected chi connectivity index (χ4v) is 3.11. The number of aromatic amines is 1. The molecule has 3 aromatic rings. The van der Waals surface area contributed by atoms with Crippen molar-refractivity contribution in [2.45, 2.75) is 13.8 Å². The number of nitrogens with one attached hydrogen (secondary N) is 1. The lowest BCUT2D eigenvalue weighted by atomic mass is 10.1. The molecule has 0 radical (unpaired) electrons. The summed E-state index contributed by atoms with van der Waals surface area (Å²) < 4.78 is 5.85. The van der Waals surface area contributed by atoms with Gasteiger partial charge in [-0.3, -0.25) is 4.79 Å². The van der Waals surface area contributed by atoms with Gasteiger partial charge >= 0.3 is 0 Å². The molecule has 0 saturated carbocycles. The monoisotopic (exact) mass is 360 g/mol. The van der Waals surface area contributed by atoms with Crippen LogP contribution in [0.2, 0.25) is 0 Å². The van der Waals surface area contributed by atoms with Gasteiger partial charge < -0.3 is 14.6 Å². The lowest BCUT2D eigenvalue weighted by Gasteiger charge is -2.28. The molecule has 136 valence electrons. The van der Waals surface area contributed by atoms with E-state index < -0.39 is 0 Å². The van der Waals surface area contributed by atoms with Gasteiger partial charge in [0.05, 0.1) is 17.9 Å². The van der Waals surface area contributed by atoms with Gasteiger partial charge in [0.25, 0.3) is 5.56 Å². The third-order valence-electron chi connectivity index (χ3n) is 4.62. The molecule has 2 aromatic carbocycles. The minimum atomic E-state index is -0.289. The first kappa shape index (κ1) is 17.0. The van der Waals surface area contributed by atoms with Crippen LogP contribution in [0.15, 0.2) is 52.3 Å². The van der Waals surface area contributed by atoms with Crippen LogP contribution in [0.3, 0.4) is 0 Å². The van der Waals surface area contributed by atoms with E-state index in [-0.39, 0.29) is 5.56 Å². The van der Waals surface area contributed by atoms with Crippen molar-refractivity contribution in [3.63, 3.8) is 0 Å². The second kappa shape index (κ2) is 6.72. The number of ether oxygens (including phenoxy) is 1. The summed E-state index contributed by atoms with van der Waals surface area (Å²) in [5.41, 5.74) is 3.98. The van der Waals surface area contributed by atoms with Gasteiger partial charge in [0.15, 0.2) is 11.2 Å². The van der Waals surface area contributed by atoms with Crippen LogP contribution >= 0.6 is 0 Å². The number of aromatic nitrogens is 2. The molecule has 0 unspecified atom stereocenters. The fourth-order valence-electron chi connectivity index (χ4n) is 3.11. The number of fused-ring (bicyclic) bond motifs is 2. The molecule has 0 amide bonds. The van der Waals surface area contributed by atoms with Crippen molar-refractivity contribution in [3.05, 3.63) is 74.8 Å². The number of hydrogen-bond donors (Lipinski definition) is 1. The summed E-state index contributed by atoms with van der Waals surface area (Å²) in [5.74, 6) is 1.31. The first-order chi connectivity index (χ1) is 13.0. The molecule has 4 rings (SSSR count). The third-order valence-corrected chi connectivity index (χ3v) is 4.62. The Morgan fingerprint density at radius 2 is 1.89 bits per heavy atom. The van der Waals surface area contributed by atoms with Gasteiger partial charge in [0.1, 0.15) is 17.8 Å². The third kappa shape index (κ3) is 3.21. The quantitative estimate of drug-likeness (QED) is 0.775. The van der Waals surface area contributed by atoms with Gasteiger partial charge in [-0.2, -0.15) is 0 Å². The van der Waals surface area contributed by atoms with Crippen molar-refractivity contribution >= 4 is 23.8 Å². The minimum absolute atomic E-state index is 0.289. The average molecular weight is 360 g/mol. The molecule has 1 aliphatic heterocycles. The lowest BCUT2D eigenvalue weighted by Crippen LogP contribution is -2.43. The maximum atomic E-state index is 12.4. The topological polar surface area (TPSA) is 70.6 Å². The van der Waals surface area contributed by atoms with E-state index in [0.717, 1.165) is 28.3 Å². The molecule has 1 N–H and O–H groups in total. The Labute approximate surface area is 156 Å². The molecule has 0 bridgehead atoms. The van der Waals surface area contributed by atoms with E-state index in [9.17, 15) is 4.79 Å². The Hall–Kier alpha value is -3.41. The standard InChI is InChI=1S/C21H20N4O2/c1-13-11-17-18(12-14(13)2)25(9-10-27-16-7-5-4-6-8-16)20-19(24-17)21(26)23-15(3)22-20/h4-8,11-12H,3,9-10H2,1-2H3,(H,23,26). The van der Waals surface area contributed by atoms with E-state index >= 15 is 0 Å². The number of para-hydroxylation sites is 1. The molecule has 1 aromatic heterocycles. The molecular formula is C21H20N4O2. The number of hydrogen-bond acceptors (Lipinski definition) is 5. The summed E-state index contributed by atoms with van der Waals surface area (Å²) in [7, 11) is 0. The maximum absolute atomic E-state index is 12.4. The van der Waals surface area contributed by atoms with Crippen LogP contribution in [-0.4, -0.2) is 23.1 Å². The summed E-state index contributed by atoms with van der Waals surface area (Å²) in [5, 5.41) is 0.304. The van der Waals surface area contributed by atoms with Crippen LogP contribution in [0, 0.1) is 13.8 Å². The molecule has 6 nitrogen and oxygen atoms in total. The Balaban J connectivity index is 1.76. The number of rotatable bonds is 4. The van der Waals surface area contributed by atoms with E-state index in [1.165, 1.54) is 0 Å². The normalized spacial score (nSPS) is 12.1. The Kier molecular flexibility index (Phi) is 4.24. The highest BCUT2D eigenvalue weighted by Crippen LogP contribution is 2.36. The second-order valence-corrected chi connectivity index (χ2v) is 6.53. The van der Waals surface area contributed by atoms with E-state index in [4.69, 9.17) is 4.74 Å². The highest BCUT2D eigenvalue weighted by atomic mass is 16.5. The molecule has 0 aliphatic carbocycles. The summed E-state index contributed by atoms with van der Waals surface area (Å²) in [4.78, 5) is 26.0. The molecule has 0 atom stereocenters. The minimum Gasteiger partial charge on any atom is -0.492 e. The van der Waals surface area contributed by atoms with Crippen LogP contribution < -0.4 is 26.0 Å². The predicted molar refractivity (Wildman–Crippen MR) is 106 cm³/mol. The van der Waals surface area contributed by atoms with E-state index in [1.54, 1.807) is 0 Å². The summed E-state index contributed by atoms with van der Waals surface area (Å²) in [6, 6.07) is 13.7. The predicted octanol–water partition coefficient (Wildman–Crippen LogP) is 2.28. The summed E-state index contributed by atoms with van der Waals surface area (Å²) in [6.07, 6.45) is 0. The van der Waals surface area contributed by atoms with Gasteiger partial charge in [0, 0.05) is 0 Å². The average Bonchev–Trinajstić information content (AvgIpc) is 2.64. The number of nitrogens with zero attached hydrogens (tertiary/aromatic N) is 3. The Morgan fingerprint density at radius 1 is 1.15 bits per heavy atom. The fraction of sp³-hybridized carbons (Fsp3) is 0.190. The van der Waals surface area contributed by atoms with Gasteiger partial charge in [-0.15, -0.1) is 0 Å². The zero-order chi connectivity index (χ0) is 19.0. The zero-order valence-corrected chi connectivity index (χ0v) is 15.3. The van der Waals surface area contributed by atoms with Crippen molar-refractivity contribution in [2.75, 3.05) is 18.1 Å². The molecule has 1 aliphatic rings. The summed E-state index contributed by atoms with van der Waals surface area (Å²) in [6.45, 7) is 8.84. The number of H-pyrrole nitrogens is 1. The molecule has 2 heterocycles. The van der Waals surface area contributed by atoms with Crippen molar-refractivity contribution < 1.29 is 4.74 Å². The molecule has 0 spiro atoms. The first-order valence-electron chi connectivity index (χ1n) is 8.77. The number of benzene rings is 2. The van der Waals surface area contributed by atoms with Crippen molar-refractivity contribution in [2.24, 2.45) is 4.99 Å². The van der Waals surface area contributed by atoms with Gasteiger partial charge in [-0.25, -0.2) is 9.98 Å². The van der Waals surface area contributed by atoms with Crippen LogP contribution in [0.4, 0.5) is 17.2 Å². The van der Waals surface area contributed by atoms with Crippen molar-refractivity contribution in [3.8, 4) is 5.75 Å². The Morgan fingerprint density at radius 3 is 2.67 bits per heavy atom. The highest BCUT2D eigenvalue weighted by Gasteiger charge is 2.23. The van der Waals surface area contributed by atoms with E-state index in [0.29, 0.717) is 29.8 Å². The molecule has 0 saturated heterocycles. The first-order valence-corrected chi connectivity index (χ1v) is 8.77. The van der Waals surface area contributed by atoms with Crippen LogP contribution in [0.1, 0.15) is 11.1 Å². The smallest absolute Gasteiger partial charge is 0.279 e. The van der Waals surface area contributed by atoms with Gasteiger partial charge in [0.2, 0.25) is 0 Å². The summed E-state index contributed by atoms with van der Waals surface area (Å²) >= 11 is 0. The maximum Gasteiger partial charge on any atom is 0.279 e. The molecule has 0 fully saturated rings. The van der Waals surface area contributed by atoms with Gasteiger partial charge in [-0.05, 0) is 49.2 Å². The lowest BCUT2D eigenvalue weighted by molar-refractivity contribution is 0.327. The molecule has 27 heavy (non-hydrogen) atoms. The van der Waals surface area contributed by atoms with Crippen molar-refractivity contribution in [1.82, 2.24) is 9.97 Å². The van der Waals surface area contributed by atoms with Crippen molar-refractivity contribution in [1.29, 1.82) is 0 Å².